The van der Waals surface area contributed by atoms with Gasteiger partial charge in [0.05, 0.1) is 18.8 Å². The Morgan fingerprint density at radius 2 is 1.75 bits per heavy atom. The molecule has 32 heavy (non-hydrogen) atoms. The maximum Gasteiger partial charge on any atom is 0.258 e. The number of hydrogen-bond donors (Lipinski definition) is 1. The van der Waals surface area contributed by atoms with Crippen LogP contribution in [0.5, 0.6) is 5.75 Å². The molecule has 5 heteroatoms. The smallest absolute Gasteiger partial charge is 0.258 e. The van der Waals surface area contributed by atoms with Crippen molar-refractivity contribution in [2.45, 2.75) is 39.2 Å². The highest BCUT2D eigenvalue weighted by Crippen LogP contribution is 2.37. The SMILES string of the molecule is COc1ccc([C@H](CC(C)C)NC(=O)CCCN2C(=O)c3cccc4cccc2c34)cc1. The summed E-state index contributed by atoms with van der Waals surface area (Å²) < 4.78 is 5.25. The van der Waals surface area contributed by atoms with Crippen LogP contribution in [0.15, 0.2) is 60.7 Å². The van der Waals surface area contributed by atoms with Gasteiger partial charge in [0.25, 0.3) is 5.91 Å². The summed E-state index contributed by atoms with van der Waals surface area (Å²) in [5.41, 5.74) is 2.77. The maximum absolute atomic E-state index is 12.9. The topological polar surface area (TPSA) is 58.6 Å². The van der Waals surface area contributed by atoms with Crippen LogP contribution in [0.1, 0.15) is 55.1 Å². The number of nitrogens with one attached hydrogen (secondary N) is 1. The highest BCUT2D eigenvalue weighted by molar-refractivity contribution is 6.25. The van der Waals surface area contributed by atoms with Gasteiger partial charge in [0.1, 0.15) is 5.75 Å². The van der Waals surface area contributed by atoms with Crippen molar-refractivity contribution in [3.8, 4) is 5.75 Å². The summed E-state index contributed by atoms with van der Waals surface area (Å²) in [5.74, 6) is 1.28. The number of benzene rings is 3. The lowest BCUT2D eigenvalue weighted by atomic mass is 9.96. The number of anilines is 1. The van der Waals surface area contributed by atoms with E-state index in [1.165, 1.54) is 0 Å². The van der Waals surface area contributed by atoms with Gasteiger partial charge in [0.2, 0.25) is 5.91 Å². The van der Waals surface area contributed by atoms with Gasteiger partial charge in [-0.05, 0) is 54.0 Å². The molecule has 0 aromatic heterocycles. The monoisotopic (exact) mass is 430 g/mol. The summed E-state index contributed by atoms with van der Waals surface area (Å²) >= 11 is 0. The van der Waals surface area contributed by atoms with Crippen molar-refractivity contribution in [2.75, 3.05) is 18.6 Å². The van der Waals surface area contributed by atoms with Crippen molar-refractivity contribution < 1.29 is 14.3 Å². The molecule has 1 aliphatic heterocycles. The average Bonchev–Trinajstić information content (AvgIpc) is 3.06. The van der Waals surface area contributed by atoms with Crippen LogP contribution in [0.25, 0.3) is 10.8 Å². The summed E-state index contributed by atoms with van der Waals surface area (Å²) in [6, 6.07) is 19.6. The van der Waals surface area contributed by atoms with Crippen LogP contribution in [0.4, 0.5) is 5.69 Å². The van der Waals surface area contributed by atoms with Gasteiger partial charge in [0, 0.05) is 23.9 Å². The lowest BCUT2D eigenvalue weighted by Gasteiger charge is -2.22. The molecule has 4 rings (SSSR count). The molecule has 2 amide bonds. The van der Waals surface area contributed by atoms with E-state index in [-0.39, 0.29) is 17.9 Å². The van der Waals surface area contributed by atoms with Crippen molar-refractivity contribution in [1.82, 2.24) is 5.32 Å². The second kappa shape index (κ2) is 9.43. The third-order valence-corrected chi connectivity index (χ3v) is 6.00. The first-order valence-electron chi connectivity index (χ1n) is 11.2. The molecule has 0 aliphatic carbocycles. The molecule has 0 spiro atoms. The molecule has 0 saturated heterocycles. The van der Waals surface area contributed by atoms with E-state index in [9.17, 15) is 9.59 Å². The fourth-order valence-electron chi connectivity index (χ4n) is 4.45. The van der Waals surface area contributed by atoms with E-state index in [1.807, 2.05) is 60.7 Å². The molecule has 1 atom stereocenters. The van der Waals surface area contributed by atoms with Crippen molar-refractivity contribution in [2.24, 2.45) is 5.92 Å². The van der Waals surface area contributed by atoms with Crippen molar-refractivity contribution in [3.63, 3.8) is 0 Å². The predicted molar refractivity (Wildman–Crippen MR) is 128 cm³/mol. The number of nitrogens with zero attached hydrogens (tertiary/aromatic N) is 1. The van der Waals surface area contributed by atoms with Crippen LogP contribution in [0.2, 0.25) is 0 Å². The first kappa shape index (κ1) is 21.9. The van der Waals surface area contributed by atoms with E-state index in [0.717, 1.165) is 39.8 Å². The van der Waals surface area contributed by atoms with Gasteiger partial charge in [-0.15, -0.1) is 0 Å². The Labute approximate surface area is 189 Å². The van der Waals surface area contributed by atoms with Gasteiger partial charge in [-0.1, -0.05) is 50.2 Å². The van der Waals surface area contributed by atoms with Crippen LogP contribution in [-0.4, -0.2) is 25.5 Å². The van der Waals surface area contributed by atoms with Gasteiger partial charge in [-0.3, -0.25) is 9.59 Å². The van der Waals surface area contributed by atoms with Crippen LogP contribution >= 0.6 is 0 Å². The second-order valence-corrected chi connectivity index (χ2v) is 8.76. The number of hydrogen-bond acceptors (Lipinski definition) is 3. The van der Waals surface area contributed by atoms with Gasteiger partial charge < -0.3 is 15.0 Å². The molecule has 0 bridgehead atoms. The van der Waals surface area contributed by atoms with E-state index in [4.69, 9.17) is 4.74 Å². The molecule has 166 valence electrons. The summed E-state index contributed by atoms with van der Waals surface area (Å²) in [4.78, 5) is 27.5. The third kappa shape index (κ3) is 4.47. The highest BCUT2D eigenvalue weighted by Gasteiger charge is 2.29. The normalized spacial score (nSPS) is 13.6. The lowest BCUT2D eigenvalue weighted by molar-refractivity contribution is -0.122. The van der Waals surface area contributed by atoms with Crippen molar-refractivity contribution in [3.05, 3.63) is 71.8 Å². The molecule has 3 aromatic rings. The van der Waals surface area contributed by atoms with Crippen molar-refractivity contribution >= 4 is 28.3 Å². The average molecular weight is 431 g/mol. The van der Waals surface area contributed by atoms with E-state index >= 15 is 0 Å². The number of ether oxygens (including phenoxy) is 1. The minimum absolute atomic E-state index is 0.00818. The van der Waals surface area contributed by atoms with E-state index < -0.39 is 0 Å². The zero-order valence-electron chi connectivity index (χ0n) is 18.9. The van der Waals surface area contributed by atoms with Crippen LogP contribution in [0, 0.1) is 5.92 Å². The molecule has 5 nitrogen and oxygen atoms in total. The van der Waals surface area contributed by atoms with E-state index in [0.29, 0.717) is 25.3 Å². The zero-order chi connectivity index (χ0) is 22.7. The minimum atomic E-state index is -0.0418. The van der Waals surface area contributed by atoms with Gasteiger partial charge in [0.15, 0.2) is 0 Å². The van der Waals surface area contributed by atoms with Crippen LogP contribution in [-0.2, 0) is 4.79 Å². The van der Waals surface area contributed by atoms with Gasteiger partial charge in [-0.25, -0.2) is 0 Å². The molecule has 3 aromatic carbocycles. The maximum atomic E-state index is 12.9. The summed E-state index contributed by atoms with van der Waals surface area (Å²) in [5, 5.41) is 5.28. The van der Waals surface area contributed by atoms with Crippen LogP contribution in [0.3, 0.4) is 0 Å². The molecule has 0 fully saturated rings. The quantitative estimate of drug-likeness (QED) is 0.488. The molecule has 0 radical (unpaired) electrons. The Bertz CT molecular complexity index is 1120. The molecular weight excluding hydrogens is 400 g/mol. The number of methoxy groups -OCH3 is 1. The largest absolute Gasteiger partial charge is 0.497 e. The highest BCUT2D eigenvalue weighted by atomic mass is 16.5. The van der Waals surface area contributed by atoms with Gasteiger partial charge >= 0.3 is 0 Å². The second-order valence-electron chi connectivity index (χ2n) is 8.76. The Kier molecular flexibility index (Phi) is 6.45. The summed E-state index contributed by atoms with van der Waals surface area (Å²) in [6.07, 6.45) is 1.85. The van der Waals surface area contributed by atoms with Gasteiger partial charge in [-0.2, -0.15) is 0 Å². The molecule has 1 aliphatic rings. The zero-order valence-corrected chi connectivity index (χ0v) is 18.9. The summed E-state index contributed by atoms with van der Waals surface area (Å²) in [7, 11) is 1.65. The Morgan fingerprint density at radius 3 is 2.44 bits per heavy atom. The Hall–Kier alpha value is -3.34. The molecule has 0 saturated carbocycles. The minimum Gasteiger partial charge on any atom is -0.497 e. The molecule has 1 N–H and O–H groups in total. The molecular formula is C27H30N2O3. The molecule has 0 unspecified atom stereocenters. The number of amides is 2. The summed E-state index contributed by atoms with van der Waals surface area (Å²) in [6.45, 7) is 4.83. The van der Waals surface area contributed by atoms with Crippen molar-refractivity contribution in [1.29, 1.82) is 0 Å². The van der Waals surface area contributed by atoms with E-state index in [2.05, 4.69) is 19.2 Å². The standard InChI is InChI=1S/C27H30N2O3/c1-18(2)17-23(19-12-14-21(32-3)15-13-19)28-25(30)11-6-16-29-24-10-5-8-20-7-4-9-22(26(20)24)27(29)31/h4-5,7-10,12-15,18,23H,6,11,16-17H2,1-3H3,(H,28,30)/t23-/m0/s1. The third-order valence-electron chi connectivity index (χ3n) is 6.00. The fourth-order valence-corrected chi connectivity index (χ4v) is 4.45. The lowest BCUT2D eigenvalue weighted by Crippen LogP contribution is -2.32. The fraction of sp³-hybridized carbons (Fsp3) is 0.333. The van der Waals surface area contributed by atoms with Crippen LogP contribution < -0.4 is 15.0 Å². The number of carbonyl (C=O) groups is 2. The Balaban J connectivity index is 1.38. The Morgan fingerprint density at radius 1 is 1.03 bits per heavy atom. The first-order valence-corrected chi connectivity index (χ1v) is 11.2. The number of carbonyl (C=O) groups excluding carboxylic acids is 2. The predicted octanol–water partition coefficient (Wildman–Crippen LogP) is 5.49. The molecule has 1 heterocycles. The number of rotatable bonds is 9. The first-order chi connectivity index (χ1) is 15.5. The van der Waals surface area contributed by atoms with E-state index in [1.54, 1.807) is 12.0 Å².